The van der Waals surface area contributed by atoms with Gasteiger partial charge in [-0.3, -0.25) is 14.4 Å². The van der Waals surface area contributed by atoms with E-state index in [0.717, 1.165) is 18.5 Å². The number of para-hydroxylation sites is 1. The topological polar surface area (TPSA) is 114 Å². The van der Waals surface area contributed by atoms with Gasteiger partial charge in [-0.2, -0.15) is 0 Å². The molecule has 1 aromatic carbocycles. The number of rotatable bonds is 8. The van der Waals surface area contributed by atoms with Gasteiger partial charge in [0.25, 0.3) is 5.91 Å². The van der Waals surface area contributed by atoms with Gasteiger partial charge < -0.3 is 19.0 Å². The highest BCUT2D eigenvalue weighted by atomic mass is 127. The molecule has 0 fully saturated rings. The van der Waals surface area contributed by atoms with E-state index in [4.69, 9.17) is 3.07 Å². The van der Waals surface area contributed by atoms with Gasteiger partial charge in [0, 0.05) is 25.4 Å². The van der Waals surface area contributed by atoms with Gasteiger partial charge in [0.05, 0.1) is 10.5 Å². The molecule has 1 aromatic rings. The van der Waals surface area contributed by atoms with Crippen molar-refractivity contribution in [2.45, 2.75) is 12.8 Å². The maximum atomic E-state index is 12.7. The largest absolute Gasteiger partial charge is 0.430 e. The van der Waals surface area contributed by atoms with Crippen molar-refractivity contribution in [2.24, 2.45) is 0 Å². The Bertz CT molecular complexity index is 972. The van der Waals surface area contributed by atoms with Gasteiger partial charge in [-0.25, -0.2) is 4.79 Å². The zero-order chi connectivity index (χ0) is 21.5. The van der Waals surface area contributed by atoms with Crippen LogP contribution in [0.4, 0.5) is 10.5 Å². The van der Waals surface area contributed by atoms with E-state index in [9.17, 15) is 19.2 Å². The minimum Gasteiger partial charge on any atom is -0.430 e. The van der Waals surface area contributed by atoms with Crippen LogP contribution in [-0.4, -0.2) is 46.4 Å². The third-order valence-corrected chi connectivity index (χ3v) is 7.39. The van der Waals surface area contributed by atoms with E-state index in [1.807, 2.05) is 18.2 Å². The summed E-state index contributed by atoms with van der Waals surface area (Å²) in [6.07, 6.45) is 2.76. The van der Waals surface area contributed by atoms with Gasteiger partial charge in [-0.1, -0.05) is 18.2 Å². The lowest BCUT2D eigenvalue weighted by atomic mass is 9.98. The Labute approximate surface area is 188 Å². The number of ketones is 2. The molecular formula is C20H20IN3O5S. The molecule has 0 bridgehead atoms. The zero-order valence-electron chi connectivity index (χ0n) is 16.1. The average molecular weight is 541 g/mol. The molecule has 1 aliphatic heterocycles. The van der Waals surface area contributed by atoms with Gasteiger partial charge >= 0.3 is 6.03 Å². The number of anilines is 1. The van der Waals surface area contributed by atoms with E-state index in [2.05, 4.69) is 16.0 Å². The fourth-order valence-corrected chi connectivity index (χ4v) is 5.71. The number of thioether (sulfide) groups is 1. The Morgan fingerprint density at radius 1 is 1.13 bits per heavy atom. The number of urea groups is 1. The highest BCUT2D eigenvalue weighted by Crippen LogP contribution is 2.36. The fourth-order valence-electron chi connectivity index (χ4n) is 2.66. The molecule has 1 aliphatic carbocycles. The highest BCUT2D eigenvalue weighted by Gasteiger charge is 2.38. The molecule has 8 nitrogen and oxygen atoms in total. The summed E-state index contributed by atoms with van der Waals surface area (Å²) in [5, 5.41) is 8.00. The Morgan fingerprint density at radius 3 is 2.63 bits per heavy atom. The highest BCUT2D eigenvalue weighted by molar-refractivity contribution is 14.2. The summed E-state index contributed by atoms with van der Waals surface area (Å²) in [5.74, 6) is -0.458. The molecule has 158 valence electrons. The summed E-state index contributed by atoms with van der Waals surface area (Å²) in [6.45, 7) is 0.493. The molecule has 10 heteroatoms. The first kappa shape index (κ1) is 22.2. The summed E-state index contributed by atoms with van der Waals surface area (Å²) < 4.78 is 5.66. The first-order chi connectivity index (χ1) is 14.5. The van der Waals surface area contributed by atoms with Crippen LogP contribution in [0.5, 0.6) is 0 Å². The number of carbonyl (C=O) groups excluding carboxylic acids is 4. The number of hydrogen-bond donors (Lipinski definition) is 3. The van der Waals surface area contributed by atoms with E-state index in [1.54, 1.807) is 12.1 Å². The number of Topliss-reactive ketones (excluding diaryl/α,β-unsaturated/α-hetero) is 1. The molecule has 0 spiro atoms. The van der Waals surface area contributed by atoms with Crippen LogP contribution in [-0.2, 0) is 17.4 Å². The normalized spacial score (nSPS) is 15.4. The smallest absolute Gasteiger partial charge is 0.319 e. The van der Waals surface area contributed by atoms with Gasteiger partial charge in [-0.05, 0) is 30.7 Å². The van der Waals surface area contributed by atoms with Crippen LogP contribution >= 0.6 is 32.9 Å². The number of halogens is 1. The molecule has 3 rings (SSSR count). The molecule has 0 radical (unpaired) electrons. The van der Waals surface area contributed by atoms with Gasteiger partial charge in [0.15, 0.2) is 5.76 Å². The molecule has 0 aromatic heterocycles. The number of carbonyl (C=O) groups is 4. The van der Waals surface area contributed by atoms with Crippen molar-refractivity contribution in [3.63, 3.8) is 0 Å². The van der Waals surface area contributed by atoms with Crippen LogP contribution in [0.3, 0.4) is 0 Å². The third-order valence-electron chi connectivity index (χ3n) is 4.15. The van der Waals surface area contributed by atoms with Crippen molar-refractivity contribution in [1.82, 2.24) is 10.6 Å². The molecular weight excluding hydrogens is 521 g/mol. The van der Waals surface area contributed by atoms with Crippen molar-refractivity contribution in [1.29, 1.82) is 0 Å². The number of amides is 3. The van der Waals surface area contributed by atoms with Crippen molar-refractivity contribution in [3.8, 4) is 0 Å². The number of benzene rings is 1. The van der Waals surface area contributed by atoms with Crippen molar-refractivity contribution in [2.75, 3.05) is 24.7 Å². The molecule has 2 aliphatic rings. The van der Waals surface area contributed by atoms with Crippen molar-refractivity contribution in [3.05, 3.63) is 52.6 Å². The second-order valence-corrected chi connectivity index (χ2v) is 9.35. The molecule has 0 saturated heterocycles. The van der Waals surface area contributed by atoms with Gasteiger partial charge in [0.1, 0.15) is 24.7 Å². The quantitative estimate of drug-likeness (QED) is 0.265. The predicted molar refractivity (Wildman–Crippen MR) is 124 cm³/mol. The van der Waals surface area contributed by atoms with Crippen LogP contribution in [0, 0.1) is 0 Å². The molecule has 3 N–H and O–H groups in total. The number of nitrogens with one attached hydrogen (secondary N) is 3. The van der Waals surface area contributed by atoms with Gasteiger partial charge in [0.2, 0.25) is 11.6 Å². The van der Waals surface area contributed by atoms with E-state index in [1.165, 1.54) is 24.9 Å². The van der Waals surface area contributed by atoms with Crippen LogP contribution in [0.1, 0.15) is 12.8 Å². The average Bonchev–Trinajstić information content (AvgIpc) is 3.20. The van der Waals surface area contributed by atoms with Crippen LogP contribution in [0.2, 0.25) is 0 Å². The van der Waals surface area contributed by atoms with Crippen molar-refractivity contribution >= 4 is 65.6 Å². The second-order valence-electron chi connectivity index (χ2n) is 6.26. The van der Waals surface area contributed by atoms with E-state index in [-0.39, 0.29) is 34.8 Å². The Balaban J connectivity index is 1.41. The van der Waals surface area contributed by atoms with E-state index >= 15 is 0 Å². The first-order valence-electron chi connectivity index (χ1n) is 9.20. The summed E-state index contributed by atoms with van der Waals surface area (Å²) in [6, 6.07) is 8.89. The standard InChI is InChI=1S/C20H20IN3O5S/c1-22-19(27)16-15-17(26)14(11-13(25)18(15)29-21-16)30-10-6-5-9-23-20(28)24-12-7-3-2-4-8-12/h2-4,7-8,11H,5-6,9-10H2,1H3,(H,22,27)(H2,23,24,28). The minimum absolute atomic E-state index is 0.00405. The summed E-state index contributed by atoms with van der Waals surface area (Å²) in [4.78, 5) is 49.1. The molecule has 0 saturated carbocycles. The molecule has 0 unspecified atom stereocenters. The predicted octanol–water partition coefficient (Wildman–Crippen LogP) is 2.45. The van der Waals surface area contributed by atoms with E-state index in [0.29, 0.717) is 20.7 Å². The van der Waals surface area contributed by atoms with Crippen LogP contribution in [0.25, 0.3) is 0 Å². The lowest BCUT2D eigenvalue weighted by Gasteiger charge is -2.13. The minimum atomic E-state index is -1.14. The zero-order valence-corrected chi connectivity index (χ0v) is 19.1. The number of hydrogen-bond acceptors (Lipinski definition) is 6. The summed E-state index contributed by atoms with van der Waals surface area (Å²) in [5.41, 5.74) is 0.842. The lowest BCUT2D eigenvalue weighted by Crippen LogP contribution is -2.31. The lowest BCUT2D eigenvalue weighted by molar-refractivity contribution is -0.116. The van der Waals surface area contributed by atoms with Crippen molar-refractivity contribution < 1.29 is 22.2 Å². The Hall–Kier alpha value is -2.47. The van der Waals surface area contributed by atoms with Gasteiger partial charge in [-0.15, -0.1) is 11.8 Å². The SMILES string of the molecule is CNC(=O)C1=IOC2=C1C(=O)C(SCCCCNC(=O)Nc1ccccc1)=CC2=O. The number of unbranched alkanes of at least 4 members (excludes halogenated alkanes) is 1. The van der Waals surface area contributed by atoms with Crippen LogP contribution < -0.4 is 16.0 Å². The number of allylic oxidation sites excluding steroid dienone is 2. The van der Waals surface area contributed by atoms with Crippen LogP contribution in [0.15, 0.2) is 52.6 Å². The van der Waals surface area contributed by atoms with E-state index < -0.39 is 21.1 Å². The third kappa shape index (κ3) is 5.36. The molecule has 0 atom stereocenters. The first-order valence-corrected chi connectivity index (χ1v) is 12.1. The molecule has 3 amide bonds. The Kier molecular flexibility index (Phi) is 7.80. The maximum absolute atomic E-state index is 12.7. The second kappa shape index (κ2) is 10.5. The summed E-state index contributed by atoms with van der Waals surface area (Å²) >= 11 is 0.136. The monoisotopic (exact) mass is 541 g/mol. The molecule has 1 heterocycles. The molecule has 30 heavy (non-hydrogen) atoms. The maximum Gasteiger partial charge on any atom is 0.319 e. The Morgan fingerprint density at radius 2 is 1.90 bits per heavy atom. The summed E-state index contributed by atoms with van der Waals surface area (Å²) in [7, 11) is 1.48. The fraction of sp³-hybridized carbons (Fsp3) is 0.250.